The molecule has 0 saturated heterocycles. The second kappa shape index (κ2) is 8.11. The van der Waals surface area contributed by atoms with Gasteiger partial charge in [0.1, 0.15) is 5.82 Å². The van der Waals surface area contributed by atoms with Crippen molar-refractivity contribution in [2.45, 2.75) is 6.54 Å². The summed E-state index contributed by atoms with van der Waals surface area (Å²) in [5.74, 6) is 0.428. The van der Waals surface area contributed by atoms with Gasteiger partial charge in [-0.3, -0.25) is 4.79 Å². The molecule has 28 heavy (non-hydrogen) atoms. The van der Waals surface area contributed by atoms with Crippen molar-refractivity contribution in [1.82, 2.24) is 9.78 Å². The third-order valence-corrected chi connectivity index (χ3v) is 4.78. The second-order valence-corrected chi connectivity index (χ2v) is 6.72. The van der Waals surface area contributed by atoms with Crippen molar-refractivity contribution < 1.29 is 4.79 Å². The molecule has 0 atom stereocenters. The van der Waals surface area contributed by atoms with Crippen molar-refractivity contribution in [1.29, 1.82) is 0 Å². The van der Waals surface area contributed by atoms with Crippen LogP contribution in [0.25, 0.3) is 11.3 Å². The van der Waals surface area contributed by atoms with Gasteiger partial charge in [-0.1, -0.05) is 78.3 Å². The highest BCUT2D eigenvalue weighted by Gasteiger charge is 2.17. The van der Waals surface area contributed by atoms with Gasteiger partial charge in [0, 0.05) is 28.8 Å². The molecule has 1 N–H and O–H groups in total. The van der Waals surface area contributed by atoms with Crippen LogP contribution in [-0.4, -0.2) is 15.7 Å². The van der Waals surface area contributed by atoms with Crippen LogP contribution in [0.3, 0.4) is 0 Å². The second-order valence-electron chi connectivity index (χ2n) is 6.31. The number of halogens is 1. The standard InChI is InChI=1S/C23H18ClN3O/c24-20-14-8-7-13-19(20)16-25-22-15-21(17-9-3-1-4-10-17)26-27(22)23(28)18-11-5-2-6-12-18/h1-15,25H,16H2. The van der Waals surface area contributed by atoms with E-state index in [1.807, 2.05) is 78.9 Å². The number of anilines is 1. The van der Waals surface area contributed by atoms with E-state index in [2.05, 4.69) is 10.4 Å². The molecular weight excluding hydrogens is 370 g/mol. The number of rotatable bonds is 5. The van der Waals surface area contributed by atoms with E-state index in [-0.39, 0.29) is 5.91 Å². The van der Waals surface area contributed by atoms with E-state index in [0.717, 1.165) is 16.8 Å². The molecule has 0 unspecified atom stereocenters. The van der Waals surface area contributed by atoms with Gasteiger partial charge in [0.15, 0.2) is 0 Å². The van der Waals surface area contributed by atoms with Crippen LogP contribution < -0.4 is 5.32 Å². The highest BCUT2D eigenvalue weighted by Crippen LogP contribution is 2.24. The first-order chi connectivity index (χ1) is 13.7. The first-order valence-electron chi connectivity index (χ1n) is 8.95. The van der Waals surface area contributed by atoms with E-state index in [9.17, 15) is 4.79 Å². The smallest absolute Gasteiger partial charge is 0.280 e. The van der Waals surface area contributed by atoms with Gasteiger partial charge in [-0.25, -0.2) is 0 Å². The minimum absolute atomic E-state index is 0.190. The number of benzene rings is 3. The lowest BCUT2D eigenvalue weighted by Gasteiger charge is -2.10. The molecule has 0 spiro atoms. The summed E-state index contributed by atoms with van der Waals surface area (Å²) in [4.78, 5) is 13.0. The van der Waals surface area contributed by atoms with E-state index < -0.39 is 0 Å². The molecule has 0 bridgehead atoms. The predicted octanol–water partition coefficient (Wildman–Crippen LogP) is 5.50. The zero-order valence-electron chi connectivity index (χ0n) is 15.0. The number of hydrogen-bond acceptors (Lipinski definition) is 3. The van der Waals surface area contributed by atoms with Gasteiger partial charge in [0.2, 0.25) is 0 Å². The van der Waals surface area contributed by atoms with Gasteiger partial charge >= 0.3 is 0 Å². The van der Waals surface area contributed by atoms with E-state index in [1.54, 1.807) is 12.1 Å². The Morgan fingerprint density at radius 2 is 1.54 bits per heavy atom. The van der Waals surface area contributed by atoms with E-state index >= 15 is 0 Å². The van der Waals surface area contributed by atoms with E-state index in [0.29, 0.717) is 22.9 Å². The van der Waals surface area contributed by atoms with Gasteiger partial charge in [0.05, 0.1) is 5.69 Å². The maximum absolute atomic E-state index is 13.0. The van der Waals surface area contributed by atoms with Crippen LogP contribution in [0.5, 0.6) is 0 Å². The van der Waals surface area contributed by atoms with Crippen molar-refractivity contribution in [2.75, 3.05) is 5.32 Å². The number of nitrogens with one attached hydrogen (secondary N) is 1. The quantitative estimate of drug-likeness (QED) is 0.491. The van der Waals surface area contributed by atoms with Crippen molar-refractivity contribution >= 4 is 23.3 Å². The molecule has 0 aliphatic rings. The molecule has 4 aromatic rings. The van der Waals surface area contributed by atoms with Crippen LogP contribution in [0.2, 0.25) is 5.02 Å². The zero-order chi connectivity index (χ0) is 19.3. The Bertz CT molecular complexity index is 1090. The predicted molar refractivity (Wildman–Crippen MR) is 113 cm³/mol. The third kappa shape index (κ3) is 3.82. The normalized spacial score (nSPS) is 10.6. The van der Waals surface area contributed by atoms with Crippen LogP contribution in [0.4, 0.5) is 5.82 Å². The van der Waals surface area contributed by atoms with E-state index in [4.69, 9.17) is 11.6 Å². The molecule has 0 fully saturated rings. The highest BCUT2D eigenvalue weighted by atomic mass is 35.5. The Balaban J connectivity index is 1.70. The number of nitrogens with zero attached hydrogens (tertiary/aromatic N) is 2. The summed E-state index contributed by atoms with van der Waals surface area (Å²) in [5, 5.41) is 8.55. The van der Waals surface area contributed by atoms with Crippen LogP contribution >= 0.6 is 11.6 Å². The third-order valence-electron chi connectivity index (χ3n) is 4.41. The van der Waals surface area contributed by atoms with Crippen molar-refractivity contribution in [2.24, 2.45) is 0 Å². The summed E-state index contributed by atoms with van der Waals surface area (Å²) in [6, 6.07) is 28.4. The average Bonchev–Trinajstić information content (AvgIpc) is 3.18. The Labute approximate surface area is 168 Å². The average molecular weight is 388 g/mol. The molecule has 0 aliphatic carbocycles. The number of hydrogen-bond donors (Lipinski definition) is 1. The fraction of sp³-hybridized carbons (Fsp3) is 0.0435. The molecule has 3 aromatic carbocycles. The van der Waals surface area contributed by atoms with E-state index in [1.165, 1.54) is 4.68 Å². The molecule has 4 rings (SSSR count). The lowest BCUT2D eigenvalue weighted by atomic mass is 10.1. The minimum atomic E-state index is -0.190. The molecule has 138 valence electrons. The van der Waals surface area contributed by atoms with Gasteiger partial charge in [-0.2, -0.15) is 9.78 Å². The van der Waals surface area contributed by atoms with Gasteiger partial charge in [-0.05, 0) is 23.8 Å². The molecular formula is C23H18ClN3O. The molecule has 0 aliphatic heterocycles. The summed E-state index contributed by atoms with van der Waals surface area (Å²) < 4.78 is 1.41. The molecule has 0 radical (unpaired) electrons. The SMILES string of the molecule is O=C(c1ccccc1)n1nc(-c2ccccc2)cc1NCc1ccccc1Cl. The molecule has 5 heteroatoms. The van der Waals surface area contributed by atoms with Crippen LogP contribution in [0.15, 0.2) is 91.0 Å². The highest BCUT2D eigenvalue weighted by molar-refractivity contribution is 6.31. The minimum Gasteiger partial charge on any atom is -0.366 e. The largest absolute Gasteiger partial charge is 0.366 e. The van der Waals surface area contributed by atoms with Crippen LogP contribution in [-0.2, 0) is 6.54 Å². The number of carbonyl (C=O) groups is 1. The summed E-state index contributed by atoms with van der Waals surface area (Å²) in [5.41, 5.74) is 3.20. The Hall–Kier alpha value is -3.37. The first kappa shape index (κ1) is 18.0. The topological polar surface area (TPSA) is 46.9 Å². The molecule has 0 saturated carbocycles. The Morgan fingerprint density at radius 1 is 0.893 bits per heavy atom. The van der Waals surface area contributed by atoms with Gasteiger partial charge in [0.25, 0.3) is 5.91 Å². The van der Waals surface area contributed by atoms with Gasteiger partial charge < -0.3 is 5.32 Å². The zero-order valence-corrected chi connectivity index (χ0v) is 15.8. The lowest BCUT2D eigenvalue weighted by molar-refractivity contribution is 0.0948. The maximum Gasteiger partial charge on any atom is 0.280 e. The fourth-order valence-electron chi connectivity index (χ4n) is 2.94. The number of aromatic nitrogens is 2. The maximum atomic E-state index is 13.0. The summed E-state index contributed by atoms with van der Waals surface area (Å²) in [7, 11) is 0. The fourth-order valence-corrected chi connectivity index (χ4v) is 3.14. The Kier molecular flexibility index (Phi) is 5.22. The number of carbonyl (C=O) groups excluding carboxylic acids is 1. The summed E-state index contributed by atoms with van der Waals surface area (Å²) >= 11 is 6.26. The monoisotopic (exact) mass is 387 g/mol. The summed E-state index contributed by atoms with van der Waals surface area (Å²) in [6.45, 7) is 0.488. The Morgan fingerprint density at radius 3 is 2.25 bits per heavy atom. The van der Waals surface area contributed by atoms with Gasteiger partial charge in [-0.15, -0.1) is 0 Å². The van der Waals surface area contributed by atoms with Crippen molar-refractivity contribution in [3.63, 3.8) is 0 Å². The first-order valence-corrected chi connectivity index (χ1v) is 9.33. The summed E-state index contributed by atoms with van der Waals surface area (Å²) in [6.07, 6.45) is 0. The lowest BCUT2D eigenvalue weighted by Crippen LogP contribution is -2.17. The van der Waals surface area contributed by atoms with Crippen molar-refractivity contribution in [3.8, 4) is 11.3 Å². The molecule has 4 nitrogen and oxygen atoms in total. The molecule has 0 amide bonds. The van der Waals surface area contributed by atoms with Crippen LogP contribution in [0, 0.1) is 0 Å². The molecule has 1 heterocycles. The molecule has 1 aromatic heterocycles. The van der Waals surface area contributed by atoms with Crippen molar-refractivity contribution in [3.05, 3.63) is 107 Å². The van der Waals surface area contributed by atoms with Crippen LogP contribution in [0.1, 0.15) is 15.9 Å².